The van der Waals surface area contributed by atoms with E-state index in [1.807, 2.05) is 0 Å². The van der Waals surface area contributed by atoms with Crippen LogP contribution in [-0.4, -0.2) is 69.7 Å². The summed E-state index contributed by atoms with van der Waals surface area (Å²) in [5.74, 6) is -1.11. The van der Waals surface area contributed by atoms with Crippen LogP contribution in [0.5, 0.6) is 0 Å². The molecule has 1 aliphatic heterocycles. The van der Waals surface area contributed by atoms with Crippen LogP contribution in [0.3, 0.4) is 0 Å². The highest BCUT2D eigenvalue weighted by atomic mass is 16.2. The Morgan fingerprint density at radius 1 is 1.08 bits per heavy atom. The van der Waals surface area contributed by atoms with E-state index in [-0.39, 0.29) is 11.9 Å². The Morgan fingerprint density at radius 2 is 1.80 bits per heavy atom. The van der Waals surface area contributed by atoms with Crippen LogP contribution in [0.4, 0.5) is 0 Å². The molecule has 2 fully saturated rings. The molecule has 1 aliphatic carbocycles. The number of rotatable bonds is 2. The van der Waals surface area contributed by atoms with Gasteiger partial charge in [0, 0.05) is 37.8 Å². The summed E-state index contributed by atoms with van der Waals surface area (Å²) in [5, 5.41) is 2.71. The van der Waals surface area contributed by atoms with Crippen LogP contribution in [0.2, 0.25) is 0 Å². The van der Waals surface area contributed by atoms with E-state index in [0.29, 0.717) is 31.7 Å². The Labute approximate surface area is 144 Å². The van der Waals surface area contributed by atoms with Crippen molar-refractivity contribution in [2.45, 2.75) is 18.9 Å². The topological polar surface area (TPSA) is 98.4 Å². The van der Waals surface area contributed by atoms with Crippen molar-refractivity contribution in [3.63, 3.8) is 0 Å². The number of fused-ring (bicyclic) bond motifs is 1. The fraction of sp³-hybridized carbons (Fsp3) is 0.412. The predicted octanol–water partition coefficient (Wildman–Crippen LogP) is 0.126. The minimum atomic E-state index is -0.535. The molecule has 8 nitrogen and oxygen atoms in total. The Hall–Kier alpha value is -2.90. The van der Waals surface area contributed by atoms with Gasteiger partial charge in [-0.2, -0.15) is 0 Å². The maximum Gasteiger partial charge on any atom is 0.312 e. The summed E-state index contributed by atoms with van der Waals surface area (Å²) in [6.07, 6.45) is 3.49. The largest absolute Gasteiger partial charge is 0.345 e. The Bertz CT molecular complexity index is 834. The van der Waals surface area contributed by atoms with Crippen LogP contribution in [0.1, 0.15) is 23.2 Å². The van der Waals surface area contributed by atoms with Gasteiger partial charge in [0.25, 0.3) is 5.91 Å². The third-order valence-electron chi connectivity index (χ3n) is 4.63. The average molecular weight is 341 g/mol. The molecular weight excluding hydrogens is 322 g/mol. The van der Waals surface area contributed by atoms with Crippen molar-refractivity contribution in [3.05, 3.63) is 30.1 Å². The van der Waals surface area contributed by atoms with Crippen molar-refractivity contribution in [2.24, 2.45) is 0 Å². The van der Waals surface area contributed by atoms with Crippen LogP contribution >= 0.6 is 0 Å². The number of nitrogens with zero attached hydrogens (tertiary/aromatic N) is 3. The number of benzene rings is 1. The number of aromatic amines is 1. The zero-order valence-corrected chi connectivity index (χ0v) is 13.7. The monoisotopic (exact) mass is 341 g/mol. The van der Waals surface area contributed by atoms with E-state index in [0.717, 1.165) is 23.9 Å². The number of carbonyl (C=O) groups excluding carboxylic acids is 3. The second-order valence-electron chi connectivity index (χ2n) is 6.47. The van der Waals surface area contributed by atoms with Gasteiger partial charge in [-0.3, -0.25) is 14.4 Å². The van der Waals surface area contributed by atoms with Crippen molar-refractivity contribution < 1.29 is 14.4 Å². The molecule has 1 saturated carbocycles. The number of H-pyrrole nitrogens is 1. The van der Waals surface area contributed by atoms with Crippen LogP contribution in [0, 0.1) is 0 Å². The number of amides is 3. The summed E-state index contributed by atoms with van der Waals surface area (Å²) < 4.78 is 0. The van der Waals surface area contributed by atoms with Crippen LogP contribution in [-0.2, 0) is 9.59 Å². The van der Waals surface area contributed by atoms with E-state index in [1.54, 1.807) is 29.4 Å². The normalized spacial score (nSPS) is 17.6. The first kappa shape index (κ1) is 15.6. The van der Waals surface area contributed by atoms with Gasteiger partial charge >= 0.3 is 11.8 Å². The number of hydrogen-bond donors (Lipinski definition) is 2. The third kappa shape index (κ3) is 3.19. The molecule has 1 aromatic carbocycles. The molecule has 2 aliphatic rings. The second kappa shape index (κ2) is 6.19. The maximum absolute atomic E-state index is 12.6. The quantitative estimate of drug-likeness (QED) is 0.758. The molecule has 130 valence electrons. The molecule has 1 saturated heterocycles. The van der Waals surface area contributed by atoms with Crippen molar-refractivity contribution in [1.29, 1.82) is 0 Å². The molecule has 2 aromatic rings. The first-order valence-electron chi connectivity index (χ1n) is 8.44. The molecule has 0 bridgehead atoms. The molecule has 25 heavy (non-hydrogen) atoms. The highest BCUT2D eigenvalue weighted by molar-refractivity contribution is 6.35. The number of piperazine rings is 1. The average Bonchev–Trinajstić information content (AvgIpc) is 3.33. The van der Waals surface area contributed by atoms with Crippen molar-refractivity contribution in [3.8, 4) is 0 Å². The van der Waals surface area contributed by atoms with Crippen molar-refractivity contribution >= 4 is 28.8 Å². The molecule has 0 spiro atoms. The van der Waals surface area contributed by atoms with E-state index < -0.39 is 11.8 Å². The van der Waals surface area contributed by atoms with E-state index in [4.69, 9.17) is 0 Å². The van der Waals surface area contributed by atoms with Crippen LogP contribution < -0.4 is 5.32 Å². The van der Waals surface area contributed by atoms with Gasteiger partial charge in [-0.1, -0.05) is 0 Å². The van der Waals surface area contributed by atoms with E-state index in [1.165, 1.54) is 4.90 Å². The molecule has 2 N–H and O–H groups in total. The lowest BCUT2D eigenvalue weighted by Gasteiger charge is -2.34. The van der Waals surface area contributed by atoms with Gasteiger partial charge in [-0.05, 0) is 31.0 Å². The molecular formula is C17H19N5O3. The molecule has 1 aromatic heterocycles. The lowest BCUT2D eigenvalue weighted by Crippen LogP contribution is -2.54. The smallest absolute Gasteiger partial charge is 0.312 e. The number of imidazole rings is 1. The van der Waals surface area contributed by atoms with Gasteiger partial charge in [0.05, 0.1) is 17.4 Å². The van der Waals surface area contributed by atoms with Crippen molar-refractivity contribution in [1.82, 2.24) is 25.1 Å². The first-order valence-corrected chi connectivity index (χ1v) is 8.44. The lowest BCUT2D eigenvalue weighted by molar-refractivity contribution is -0.146. The summed E-state index contributed by atoms with van der Waals surface area (Å²) >= 11 is 0. The lowest BCUT2D eigenvalue weighted by atomic mass is 10.1. The summed E-state index contributed by atoms with van der Waals surface area (Å²) in [4.78, 5) is 47.0. The molecule has 8 heteroatoms. The van der Waals surface area contributed by atoms with Gasteiger partial charge in [0.15, 0.2) is 0 Å². The van der Waals surface area contributed by atoms with E-state index in [2.05, 4.69) is 15.3 Å². The molecule has 3 amide bonds. The molecule has 0 radical (unpaired) electrons. The van der Waals surface area contributed by atoms with Crippen LogP contribution in [0.25, 0.3) is 11.0 Å². The Balaban J connectivity index is 1.36. The zero-order valence-electron chi connectivity index (χ0n) is 13.7. The first-order chi connectivity index (χ1) is 12.1. The van der Waals surface area contributed by atoms with Gasteiger partial charge in [0.1, 0.15) is 0 Å². The minimum Gasteiger partial charge on any atom is -0.345 e. The number of aromatic nitrogens is 2. The Kier molecular flexibility index (Phi) is 3.87. The number of hydrogen-bond acceptors (Lipinski definition) is 4. The molecule has 4 rings (SSSR count). The predicted molar refractivity (Wildman–Crippen MR) is 89.7 cm³/mol. The number of carbonyl (C=O) groups is 3. The van der Waals surface area contributed by atoms with Gasteiger partial charge < -0.3 is 20.1 Å². The molecule has 0 atom stereocenters. The summed E-state index contributed by atoms with van der Waals surface area (Å²) in [6.45, 7) is 1.58. The fourth-order valence-corrected chi connectivity index (χ4v) is 2.98. The van der Waals surface area contributed by atoms with Gasteiger partial charge in [-0.25, -0.2) is 4.98 Å². The third-order valence-corrected chi connectivity index (χ3v) is 4.63. The van der Waals surface area contributed by atoms with Crippen molar-refractivity contribution in [2.75, 3.05) is 26.2 Å². The summed E-state index contributed by atoms with van der Waals surface area (Å²) in [5.41, 5.74) is 2.22. The fourth-order valence-electron chi connectivity index (χ4n) is 2.98. The summed E-state index contributed by atoms with van der Waals surface area (Å²) in [6, 6.07) is 5.51. The van der Waals surface area contributed by atoms with Gasteiger partial charge in [-0.15, -0.1) is 0 Å². The SMILES string of the molecule is O=C(NC1CC1)C(=O)N1CCN(C(=O)c2ccc3nc[nH]c3c2)CC1. The van der Waals surface area contributed by atoms with E-state index in [9.17, 15) is 14.4 Å². The zero-order chi connectivity index (χ0) is 17.4. The second-order valence-corrected chi connectivity index (χ2v) is 6.47. The highest BCUT2D eigenvalue weighted by Gasteiger charge is 2.31. The number of nitrogens with one attached hydrogen (secondary N) is 2. The minimum absolute atomic E-state index is 0.0777. The highest BCUT2D eigenvalue weighted by Crippen LogP contribution is 2.19. The standard InChI is InChI=1S/C17H19N5O3/c23-15(20-12-2-3-12)17(25)22-7-5-21(6-8-22)16(24)11-1-4-13-14(9-11)19-10-18-13/h1,4,9-10,12H,2-3,5-8H2,(H,18,19)(H,20,23). The van der Waals surface area contributed by atoms with Gasteiger partial charge in [0.2, 0.25) is 0 Å². The molecule has 2 heterocycles. The molecule has 0 unspecified atom stereocenters. The summed E-state index contributed by atoms with van der Waals surface area (Å²) in [7, 11) is 0. The maximum atomic E-state index is 12.6. The Morgan fingerprint density at radius 3 is 2.52 bits per heavy atom. The van der Waals surface area contributed by atoms with Crippen LogP contribution in [0.15, 0.2) is 24.5 Å². The van der Waals surface area contributed by atoms with E-state index >= 15 is 0 Å².